The predicted molar refractivity (Wildman–Crippen MR) is 73.2 cm³/mol. The van der Waals surface area contributed by atoms with Gasteiger partial charge in [-0.05, 0) is 18.9 Å². The first kappa shape index (κ1) is 12.3. The van der Waals surface area contributed by atoms with Gasteiger partial charge in [0.1, 0.15) is 5.69 Å². The van der Waals surface area contributed by atoms with Gasteiger partial charge < -0.3 is 4.90 Å². The van der Waals surface area contributed by atoms with Crippen LogP contribution in [0.1, 0.15) is 34.3 Å². The molecular weight excluding hydrogens is 260 g/mol. The van der Waals surface area contributed by atoms with E-state index in [1.807, 2.05) is 16.5 Å². The third kappa shape index (κ3) is 2.40. The Morgan fingerprint density at radius 2 is 2.37 bits per heavy atom. The summed E-state index contributed by atoms with van der Waals surface area (Å²) >= 11 is 1.68. The second-order valence-electron chi connectivity index (χ2n) is 4.80. The number of amides is 1. The van der Waals surface area contributed by atoms with Crippen molar-refractivity contribution in [3.05, 3.63) is 34.5 Å². The highest BCUT2D eigenvalue weighted by Crippen LogP contribution is 2.28. The van der Waals surface area contributed by atoms with Crippen LogP contribution in [0.3, 0.4) is 0 Å². The van der Waals surface area contributed by atoms with E-state index >= 15 is 0 Å². The molecule has 0 radical (unpaired) electrons. The Bertz CT molecular complexity index is 563. The number of aryl methyl sites for hydroxylation is 1. The molecule has 100 valence electrons. The van der Waals surface area contributed by atoms with Crippen LogP contribution in [0.15, 0.2) is 23.8 Å². The Morgan fingerprint density at radius 3 is 3.05 bits per heavy atom. The third-order valence-electron chi connectivity index (χ3n) is 3.55. The maximum atomic E-state index is 12.4. The number of aromatic nitrogens is 3. The fraction of sp³-hybridized carbons (Fsp3) is 0.462. The molecule has 6 heteroatoms. The van der Waals surface area contributed by atoms with Crippen molar-refractivity contribution in [2.24, 2.45) is 7.05 Å². The van der Waals surface area contributed by atoms with Crippen molar-refractivity contribution in [3.63, 3.8) is 0 Å². The molecule has 0 saturated carbocycles. The molecule has 2 aromatic heterocycles. The van der Waals surface area contributed by atoms with Gasteiger partial charge in [0.15, 0.2) is 0 Å². The highest BCUT2D eigenvalue weighted by atomic mass is 32.1. The molecule has 5 nitrogen and oxygen atoms in total. The van der Waals surface area contributed by atoms with Crippen LogP contribution < -0.4 is 0 Å². The number of thiazole rings is 1. The zero-order valence-electron chi connectivity index (χ0n) is 10.8. The maximum Gasteiger partial charge on any atom is 0.272 e. The maximum absolute atomic E-state index is 12.4. The number of carbonyl (C=O) groups excluding carboxylic acids is 1. The standard InChI is InChI=1S/C13H16N4OS/c1-16-11(4-5-15-16)13(18)17-7-2-3-10(9-17)12-14-6-8-19-12/h4-6,8,10H,2-3,7,9H2,1H3/t10-/m0/s1. The lowest BCUT2D eigenvalue weighted by atomic mass is 9.98. The first-order valence-corrected chi connectivity index (χ1v) is 7.30. The van der Waals surface area contributed by atoms with E-state index in [2.05, 4.69) is 10.1 Å². The molecule has 3 heterocycles. The van der Waals surface area contributed by atoms with Crippen LogP contribution in [0, 0.1) is 0 Å². The van der Waals surface area contributed by atoms with E-state index in [9.17, 15) is 4.79 Å². The molecular formula is C13H16N4OS. The van der Waals surface area contributed by atoms with Gasteiger partial charge in [-0.2, -0.15) is 5.10 Å². The summed E-state index contributed by atoms with van der Waals surface area (Å²) in [4.78, 5) is 18.7. The van der Waals surface area contributed by atoms with Crippen molar-refractivity contribution in [2.75, 3.05) is 13.1 Å². The third-order valence-corrected chi connectivity index (χ3v) is 4.49. The monoisotopic (exact) mass is 276 g/mol. The summed E-state index contributed by atoms with van der Waals surface area (Å²) in [5, 5.41) is 7.20. The Labute approximate surface area is 115 Å². The lowest BCUT2D eigenvalue weighted by Crippen LogP contribution is -2.39. The Hall–Kier alpha value is -1.69. The molecule has 1 atom stereocenters. The topological polar surface area (TPSA) is 51.0 Å². The van der Waals surface area contributed by atoms with Crippen molar-refractivity contribution in [2.45, 2.75) is 18.8 Å². The molecule has 1 amide bonds. The van der Waals surface area contributed by atoms with Gasteiger partial charge in [0.05, 0.1) is 5.01 Å². The van der Waals surface area contributed by atoms with Crippen LogP contribution in [-0.4, -0.2) is 38.7 Å². The molecule has 0 spiro atoms. The SMILES string of the molecule is Cn1nccc1C(=O)N1CCC[C@H](c2nccs2)C1. The first-order valence-electron chi connectivity index (χ1n) is 6.42. The van der Waals surface area contributed by atoms with Crippen LogP contribution in [0.2, 0.25) is 0 Å². The quantitative estimate of drug-likeness (QED) is 0.841. The second kappa shape index (κ2) is 5.13. The minimum atomic E-state index is 0.0706. The van der Waals surface area contributed by atoms with Crippen LogP contribution in [-0.2, 0) is 7.05 Å². The van der Waals surface area contributed by atoms with E-state index in [1.54, 1.807) is 35.3 Å². The lowest BCUT2D eigenvalue weighted by Gasteiger charge is -2.31. The summed E-state index contributed by atoms with van der Waals surface area (Å²) in [6, 6.07) is 1.77. The predicted octanol–water partition coefficient (Wildman–Crippen LogP) is 1.90. The number of likely N-dealkylation sites (tertiary alicyclic amines) is 1. The number of carbonyl (C=O) groups is 1. The molecule has 0 aliphatic carbocycles. The summed E-state index contributed by atoms with van der Waals surface area (Å²) in [5.74, 6) is 0.451. The molecule has 1 fully saturated rings. The van der Waals surface area contributed by atoms with Gasteiger partial charge in [0.2, 0.25) is 0 Å². The van der Waals surface area contributed by atoms with Crippen molar-refractivity contribution in [1.82, 2.24) is 19.7 Å². The highest BCUT2D eigenvalue weighted by molar-refractivity contribution is 7.09. The first-order chi connectivity index (χ1) is 9.25. The fourth-order valence-corrected chi connectivity index (χ4v) is 3.31. The van der Waals surface area contributed by atoms with Crippen molar-refractivity contribution < 1.29 is 4.79 Å². The van der Waals surface area contributed by atoms with E-state index < -0.39 is 0 Å². The van der Waals surface area contributed by atoms with E-state index in [1.165, 1.54) is 0 Å². The van der Waals surface area contributed by atoms with Gasteiger partial charge in [-0.25, -0.2) is 4.98 Å². The van der Waals surface area contributed by atoms with Crippen LogP contribution in [0.25, 0.3) is 0 Å². The van der Waals surface area contributed by atoms with Gasteiger partial charge in [-0.3, -0.25) is 9.48 Å². The zero-order valence-corrected chi connectivity index (χ0v) is 11.6. The van der Waals surface area contributed by atoms with E-state index in [0.29, 0.717) is 11.6 Å². The number of hydrogen-bond acceptors (Lipinski definition) is 4. The minimum absolute atomic E-state index is 0.0706. The van der Waals surface area contributed by atoms with E-state index in [0.717, 1.165) is 30.9 Å². The van der Waals surface area contributed by atoms with E-state index in [4.69, 9.17) is 0 Å². The molecule has 0 N–H and O–H groups in total. The van der Waals surface area contributed by atoms with Crippen LogP contribution in [0.4, 0.5) is 0 Å². The summed E-state index contributed by atoms with van der Waals surface area (Å²) < 4.78 is 1.63. The molecule has 2 aromatic rings. The number of piperidine rings is 1. The minimum Gasteiger partial charge on any atom is -0.337 e. The lowest BCUT2D eigenvalue weighted by molar-refractivity contribution is 0.0696. The van der Waals surface area contributed by atoms with Crippen molar-refractivity contribution in [1.29, 1.82) is 0 Å². The molecule has 0 unspecified atom stereocenters. The number of rotatable bonds is 2. The largest absolute Gasteiger partial charge is 0.337 e. The number of hydrogen-bond donors (Lipinski definition) is 0. The highest BCUT2D eigenvalue weighted by Gasteiger charge is 2.27. The average molecular weight is 276 g/mol. The van der Waals surface area contributed by atoms with Gasteiger partial charge in [-0.15, -0.1) is 11.3 Å². The van der Waals surface area contributed by atoms with Gasteiger partial charge in [0, 0.05) is 43.8 Å². The Balaban J connectivity index is 1.75. The molecule has 1 saturated heterocycles. The van der Waals surface area contributed by atoms with Gasteiger partial charge in [-0.1, -0.05) is 0 Å². The Kier molecular flexibility index (Phi) is 3.33. The summed E-state index contributed by atoms with van der Waals surface area (Å²) in [6.07, 6.45) is 5.65. The summed E-state index contributed by atoms with van der Waals surface area (Å²) in [7, 11) is 1.80. The normalized spacial score (nSPS) is 19.6. The van der Waals surface area contributed by atoms with Gasteiger partial charge >= 0.3 is 0 Å². The fourth-order valence-electron chi connectivity index (χ4n) is 2.54. The smallest absolute Gasteiger partial charge is 0.272 e. The molecule has 0 aromatic carbocycles. The van der Waals surface area contributed by atoms with Crippen LogP contribution in [0.5, 0.6) is 0 Å². The van der Waals surface area contributed by atoms with E-state index in [-0.39, 0.29) is 5.91 Å². The molecule has 1 aliphatic rings. The molecule has 0 bridgehead atoms. The van der Waals surface area contributed by atoms with Crippen molar-refractivity contribution >= 4 is 17.2 Å². The zero-order chi connectivity index (χ0) is 13.2. The second-order valence-corrected chi connectivity index (χ2v) is 5.73. The molecule has 19 heavy (non-hydrogen) atoms. The molecule has 3 rings (SSSR count). The summed E-state index contributed by atoms with van der Waals surface area (Å²) in [5.41, 5.74) is 0.653. The average Bonchev–Trinajstić information content (AvgIpc) is 3.09. The Morgan fingerprint density at radius 1 is 1.47 bits per heavy atom. The van der Waals surface area contributed by atoms with Crippen molar-refractivity contribution in [3.8, 4) is 0 Å². The molecule has 1 aliphatic heterocycles. The summed E-state index contributed by atoms with van der Waals surface area (Å²) in [6.45, 7) is 1.59. The van der Waals surface area contributed by atoms with Gasteiger partial charge in [0.25, 0.3) is 5.91 Å². The number of nitrogens with zero attached hydrogens (tertiary/aromatic N) is 4. The van der Waals surface area contributed by atoms with Crippen LogP contribution >= 0.6 is 11.3 Å².